The number of nitrogens with zero attached hydrogens (tertiary/aromatic N) is 2. The van der Waals surface area contributed by atoms with Crippen molar-refractivity contribution in [3.63, 3.8) is 0 Å². The molecule has 12 nitrogen and oxygen atoms in total. The van der Waals surface area contributed by atoms with Gasteiger partial charge < -0.3 is 24.2 Å². The van der Waals surface area contributed by atoms with E-state index in [0.29, 0.717) is 30.2 Å². The average molecular weight is 752 g/mol. The molecule has 274 valence electrons. The molecule has 4 atom stereocenters. The fraction of sp³-hybridized carbons (Fsp3) is 0.457. The zero-order valence-electron chi connectivity index (χ0n) is 28.9. The highest BCUT2D eigenvalue weighted by molar-refractivity contribution is 7.92. The van der Waals surface area contributed by atoms with Crippen molar-refractivity contribution in [1.82, 2.24) is 9.21 Å². The van der Waals surface area contributed by atoms with Crippen LogP contribution in [0.25, 0.3) is 0 Å². The summed E-state index contributed by atoms with van der Waals surface area (Å²) in [6, 6.07) is 15.7. The summed E-state index contributed by atoms with van der Waals surface area (Å²) in [5.74, 6) is -0.0814. The van der Waals surface area contributed by atoms with Crippen LogP contribution in [0.1, 0.15) is 50.4 Å². The molecule has 1 aliphatic rings. The number of sulfonamides is 2. The van der Waals surface area contributed by atoms with Crippen LogP contribution in [0.15, 0.2) is 76.5 Å². The van der Waals surface area contributed by atoms with E-state index >= 15 is 0 Å². The summed E-state index contributed by atoms with van der Waals surface area (Å²) in [6.45, 7) is 5.57. The van der Waals surface area contributed by atoms with Gasteiger partial charge in [0.05, 0.1) is 47.3 Å². The molecule has 0 spiro atoms. The first-order valence-electron chi connectivity index (χ1n) is 16.4. The Hall–Kier alpha value is -3.40. The number of aliphatic hydroxyl groups excluding tert-OH is 1. The van der Waals surface area contributed by atoms with Gasteiger partial charge >= 0.3 is 0 Å². The van der Waals surface area contributed by atoms with Crippen molar-refractivity contribution >= 4 is 43.2 Å². The number of benzene rings is 3. The maximum atomic E-state index is 14.4. The maximum Gasteiger partial charge on any atom is 0.261 e. The molecule has 2 N–H and O–H groups in total. The Morgan fingerprint density at radius 3 is 2.32 bits per heavy atom. The molecule has 50 heavy (non-hydrogen) atoms. The number of halogens is 1. The standard InChI is InChI=1S/C35H46ClN3O9S2/c1-24-21-39(25(2)23-40)35(41)32-20-28(37-49(42,43)30-14-9-27(36)10-15-30)11-18-33(32)48-26(3)8-6-7-19-47-34(24)22-38(4)50(44,45)31-16-12-29(46-5)13-17-31/h9-18,20,24-26,34,37,40H,6-8,19,21-23H2,1-5H3/t24-,25+,26+,34+/m1/s1. The van der Waals surface area contributed by atoms with Crippen LogP contribution in [0.5, 0.6) is 11.5 Å². The molecule has 0 saturated carbocycles. The third kappa shape index (κ3) is 9.89. The topological polar surface area (TPSA) is 152 Å². The number of carbonyl (C=O) groups excluding carboxylic acids is 1. The average Bonchev–Trinajstić information content (AvgIpc) is 3.09. The molecule has 3 aromatic rings. The number of ether oxygens (including phenoxy) is 3. The number of carbonyl (C=O) groups is 1. The minimum atomic E-state index is -4.02. The quantitative estimate of drug-likeness (QED) is 0.283. The lowest BCUT2D eigenvalue weighted by Gasteiger charge is -2.35. The molecule has 1 aliphatic heterocycles. The van der Waals surface area contributed by atoms with E-state index in [4.69, 9.17) is 25.8 Å². The summed E-state index contributed by atoms with van der Waals surface area (Å²) in [4.78, 5) is 16.0. The highest BCUT2D eigenvalue weighted by Gasteiger charge is 2.32. The van der Waals surface area contributed by atoms with Crippen molar-refractivity contribution in [2.75, 3.05) is 45.2 Å². The van der Waals surface area contributed by atoms with Gasteiger partial charge in [-0.3, -0.25) is 9.52 Å². The zero-order chi connectivity index (χ0) is 36.6. The Morgan fingerprint density at radius 1 is 1.02 bits per heavy atom. The molecule has 0 aliphatic carbocycles. The van der Waals surface area contributed by atoms with Gasteiger partial charge in [-0.05, 0) is 99.8 Å². The first-order valence-corrected chi connectivity index (χ1v) is 19.7. The lowest BCUT2D eigenvalue weighted by Crippen LogP contribution is -2.48. The number of fused-ring (bicyclic) bond motifs is 1. The molecule has 0 unspecified atom stereocenters. The molecule has 0 saturated heterocycles. The number of likely N-dealkylation sites (N-methyl/N-ethyl adjacent to an activating group) is 1. The van der Waals surface area contributed by atoms with Gasteiger partial charge in [-0.2, -0.15) is 4.31 Å². The number of hydrogen-bond donors (Lipinski definition) is 2. The lowest BCUT2D eigenvalue weighted by atomic mass is 10.0. The Labute approximate surface area is 300 Å². The van der Waals surface area contributed by atoms with Crippen LogP contribution in [-0.2, 0) is 24.8 Å². The van der Waals surface area contributed by atoms with Crippen LogP contribution >= 0.6 is 11.6 Å². The first-order chi connectivity index (χ1) is 23.7. The minimum absolute atomic E-state index is 0.00690. The van der Waals surface area contributed by atoms with Crippen LogP contribution in [-0.4, -0.2) is 95.8 Å². The van der Waals surface area contributed by atoms with Crippen molar-refractivity contribution in [2.24, 2.45) is 5.92 Å². The molecule has 3 aromatic carbocycles. The van der Waals surface area contributed by atoms with Crippen LogP contribution < -0.4 is 14.2 Å². The highest BCUT2D eigenvalue weighted by atomic mass is 35.5. The van der Waals surface area contributed by atoms with Gasteiger partial charge in [-0.15, -0.1) is 0 Å². The number of hydrogen-bond acceptors (Lipinski definition) is 9. The Balaban J connectivity index is 1.66. The largest absolute Gasteiger partial charge is 0.497 e. The normalized spacial score (nSPS) is 20.4. The Kier molecular flexibility index (Phi) is 13.6. The molecule has 0 bridgehead atoms. The second-order valence-electron chi connectivity index (χ2n) is 12.5. The second-order valence-corrected chi connectivity index (χ2v) is 16.7. The number of methoxy groups -OCH3 is 1. The number of nitrogens with one attached hydrogen (secondary N) is 1. The number of aliphatic hydroxyl groups is 1. The summed E-state index contributed by atoms with van der Waals surface area (Å²) in [5.41, 5.74) is 0.245. The summed E-state index contributed by atoms with van der Waals surface area (Å²) in [6.07, 6.45) is 1.19. The minimum Gasteiger partial charge on any atom is -0.497 e. The molecular formula is C35H46ClN3O9S2. The van der Waals surface area contributed by atoms with Crippen molar-refractivity contribution in [1.29, 1.82) is 0 Å². The van der Waals surface area contributed by atoms with Gasteiger partial charge in [0, 0.05) is 43.4 Å². The Bertz CT molecular complexity index is 1810. The predicted octanol–water partition coefficient (Wildman–Crippen LogP) is 5.27. The SMILES string of the molecule is COc1ccc(S(=O)(=O)N(C)C[C@@H]2OCCCC[C@H](C)Oc3ccc(NS(=O)(=O)c4ccc(Cl)cc4)cc3C(=O)N([C@@H](C)CO)C[C@H]2C)cc1. The summed E-state index contributed by atoms with van der Waals surface area (Å²) in [7, 11) is -4.92. The van der Waals surface area contributed by atoms with Crippen LogP contribution in [0.3, 0.4) is 0 Å². The van der Waals surface area contributed by atoms with Crippen LogP contribution in [0.4, 0.5) is 5.69 Å². The summed E-state index contributed by atoms with van der Waals surface area (Å²) < 4.78 is 74.9. The van der Waals surface area contributed by atoms with E-state index in [0.717, 1.165) is 6.42 Å². The van der Waals surface area contributed by atoms with E-state index in [2.05, 4.69) is 4.72 Å². The summed E-state index contributed by atoms with van der Waals surface area (Å²) >= 11 is 5.94. The van der Waals surface area contributed by atoms with Gasteiger partial charge in [-0.25, -0.2) is 16.8 Å². The number of rotatable bonds is 10. The van der Waals surface area contributed by atoms with E-state index in [-0.39, 0.29) is 58.5 Å². The van der Waals surface area contributed by atoms with E-state index in [1.165, 1.54) is 71.9 Å². The maximum absolute atomic E-state index is 14.4. The fourth-order valence-corrected chi connectivity index (χ4v) is 7.91. The van der Waals surface area contributed by atoms with Crippen molar-refractivity contribution in [2.45, 2.75) is 68.1 Å². The lowest BCUT2D eigenvalue weighted by molar-refractivity contribution is -0.00833. The predicted molar refractivity (Wildman–Crippen MR) is 192 cm³/mol. The van der Waals surface area contributed by atoms with Gasteiger partial charge in [0.25, 0.3) is 15.9 Å². The van der Waals surface area contributed by atoms with Crippen molar-refractivity contribution in [3.8, 4) is 11.5 Å². The van der Waals surface area contributed by atoms with Crippen molar-refractivity contribution in [3.05, 3.63) is 77.3 Å². The van der Waals surface area contributed by atoms with Gasteiger partial charge in [0.2, 0.25) is 10.0 Å². The molecule has 1 heterocycles. The smallest absolute Gasteiger partial charge is 0.261 e. The molecule has 4 rings (SSSR count). The monoisotopic (exact) mass is 751 g/mol. The third-order valence-corrected chi connectivity index (χ3v) is 12.1. The molecule has 15 heteroatoms. The Morgan fingerprint density at radius 2 is 1.68 bits per heavy atom. The summed E-state index contributed by atoms with van der Waals surface area (Å²) in [5, 5.41) is 10.6. The van der Waals surface area contributed by atoms with Crippen LogP contribution in [0.2, 0.25) is 5.02 Å². The number of anilines is 1. The van der Waals surface area contributed by atoms with E-state index < -0.39 is 38.1 Å². The second kappa shape index (κ2) is 17.2. The molecular weight excluding hydrogens is 706 g/mol. The molecule has 0 radical (unpaired) electrons. The van der Waals surface area contributed by atoms with E-state index in [1.54, 1.807) is 25.1 Å². The van der Waals surface area contributed by atoms with Gasteiger partial charge in [0.1, 0.15) is 11.5 Å². The molecule has 1 amide bonds. The van der Waals surface area contributed by atoms with Gasteiger partial charge in [0.15, 0.2) is 0 Å². The van der Waals surface area contributed by atoms with Gasteiger partial charge in [-0.1, -0.05) is 18.5 Å². The zero-order valence-corrected chi connectivity index (χ0v) is 31.3. The first kappa shape index (κ1) is 39.4. The third-order valence-electron chi connectivity index (χ3n) is 8.63. The van der Waals surface area contributed by atoms with Crippen LogP contribution in [0, 0.1) is 5.92 Å². The van der Waals surface area contributed by atoms with E-state index in [1.807, 2.05) is 13.8 Å². The highest BCUT2D eigenvalue weighted by Crippen LogP contribution is 2.30. The van der Waals surface area contributed by atoms with E-state index in [9.17, 15) is 26.7 Å². The fourth-order valence-electron chi connectivity index (χ4n) is 5.56. The number of amides is 1. The molecule has 0 aromatic heterocycles. The molecule has 0 fully saturated rings. The van der Waals surface area contributed by atoms with Crippen molar-refractivity contribution < 1.29 is 40.9 Å².